The van der Waals surface area contributed by atoms with Gasteiger partial charge in [-0.05, 0) is 12.1 Å². The second-order valence-electron chi connectivity index (χ2n) is 6.26. The molecule has 0 spiro atoms. The van der Waals surface area contributed by atoms with Crippen molar-refractivity contribution in [1.82, 2.24) is 9.13 Å². The Morgan fingerprint density at radius 1 is 0.867 bits per heavy atom. The van der Waals surface area contributed by atoms with E-state index in [9.17, 15) is 14.4 Å². The number of carbonyl (C=O) groups excluding carboxylic acids is 1. The number of rotatable bonds is 7. The molecule has 1 amide bonds. The molecule has 0 aliphatic carbocycles. The van der Waals surface area contributed by atoms with Crippen molar-refractivity contribution in [3.63, 3.8) is 0 Å². The van der Waals surface area contributed by atoms with Gasteiger partial charge >= 0.3 is 11.1 Å². The van der Waals surface area contributed by atoms with Crippen LogP contribution >= 0.6 is 0 Å². The first-order valence-electron chi connectivity index (χ1n) is 8.94. The lowest BCUT2D eigenvalue weighted by atomic mass is 10.2. The van der Waals surface area contributed by atoms with Crippen molar-refractivity contribution in [2.24, 2.45) is 0 Å². The van der Waals surface area contributed by atoms with E-state index in [1.54, 1.807) is 42.5 Å². The zero-order valence-corrected chi connectivity index (χ0v) is 16.7. The largest absolute Gasteiger partial charge is 0.497 e. The van der Waals surface area contributed by atoms with Gasteiger partial charge in [-0.2, -0.15) is 0 Å². The van der Waals surface area contributed by atoms with Crippen LogP contribution in [0.5, 0.6) is 17.2 Å². The van der Waals surface area contributed by atoms with Gasteiger partial charge in [0, 0.05) is 42.3 Å². The van der Waals surface area contributed by atoms with Gasteiger partial charge in [-0.15, -0.1) is 0 Å². The number of hydrogen-bond acceptors (Lipinski definition) is 6. The summed E-state index contributed by atoms with van der Waals surface area (Å²) in [4.78, 5) is 37.4. The summed E-state index contributed by atoms with van der Waals surface area (Å²) in [5, 5.41) is 2.66. The van der Waals surface area contributed by atoms with Gasteiger partial charge in [-0.1, -0.05) is 6.07 Å². The standard InChI is InChI=1S/C21H21N3O6/c1-28-16-6-4-5-15(11-16)24-8-7-23(20(26)21(24)27)13-19(25)22-14-9-17(29-2)12-18(10-14)30-3/h4-12H,13H2,1-3H3,(H,22,25). The van der Waals surface area contributed by atoms with E-state index in [4.69, 9.17) is 14.2 Å². The van der Waals surface area contributed by atoms with Gasteiger partial charge in [0.05, 0.1) is 27.0 Å². The third kappa shape index (κ3) is 4.52. The van der Waals surface area contributed by atoms with Gasteiger partial charge in [-0.25, -0.2) is 0 Å². The third-order valence-electron chi connectivity index (χ3n) is 4.34. The van der Waals surface area contributed by atoms with Crippen molar-refractivity contribution < 1.29 is 19.0 Å². The van der Waals surface area contributed by atoms with Crippen LogP contribution in [-0.4, -0.2) is 36.4 Å². The number of benzene rings is 2. The van der Waals surface area contributed by atoms with Crippen LogP contribution in [-0.2, 0) is 11.3 Å². The molecule has 0 aliphatic heterocycles. The first-order valence-corrected chi connectivity index (χ1v) is 8.94. The molecule has 3 aromatic rings. The summed E-state index contributed by atoms with van der Waals surface area (Å²) in [5.41, 5.74) is -0.675. The molecular weight excluding hydrogens is 390 g/mol. The Kier molecular flexibility index (Phi) is 6.21. The number of nitrogens with one attached hydrogen (secondary N) is 1. The van der Waals surface area contributed by atoms with Crippen LogP contribution in [0.4, 0.5) is 5.69 Å². The number of aromatic nitrogens is 2. The number of hydrogen-bond donors (Lipinski definition) is 1. The van der Waals surface area contributed by atoms with Crippen molar-refractivity contribution in [3.8, 4) is 22.9 Å². The minimum Gasteiger partial charge on any atom is -0.497 e. The van der Waals surface area contributed by atoms with Gasteiger partial charge in [0.2, 0.25) is 5.91 Å². The Morgan fingerprint density at radius 2 is 1.53 bits per heavy atom. The van der Waals surface area contributed by atoms with Crippen LogP contribution < -0.4 is 30.6 Å². The first kappa shape index (κ1) is 20.7. The zero-order valence-electron chi connectivity index (χ0n) is 16.7. The van der Waals surface area contributed by atoms with Gasteiger partial charge in [0.15, 0.2) is 0 Å². The second-order valence-corrected chi connectivity index (χ2v) is 6.26. The van der Waals surface area contributed by atoms with Gasteiger partial charge in [-0.3, -0.25) is 23.5 Å². The maximum absolute atomic E-state index is 12.5. The highest BCUT2D eigenvalue weighted by Crippen LogP contribution is 2.25. The van der Waals surface area contributed by atoms with Crippen molar-refractivity contribution in [3.05, 3.63) is 75.6 Å². The fraction of sp³-hybridized carbons (Fsp3) is 0.190. The molecule has 0 aliphatic rings. The van der Waals surface area contributed by atoms with E-state index in [1.807, 2.05) is 0 Å². The summed E-state index contributed by atoms with van der Waals surface area (Å²) >= 11 is 0. The minimum atomic E-state index is -0.821. The normalized spacial score (nSPS) is 10.4. The molecule has 0 radical (unpaired) electrons. The molecule has 1 N–H and O–H groups in total. The van der Waals surface area contributed by atoms with E-state index in [-0.39, 0.29) is 6.54 Å². The Bertz CT molecular complexity index is 1160. The van der Waals surface area contributed by atoms with E-state index in [0.29, 0.717) is 28.6 Å². The highest BCUT2D eigenvalue weighted by atomic mass is 16.5. The molecule has 9 nitrogen and oxygen atoms in total. The monoisotopic (exact) mass is 411 g/mol. The molecule has 0 atom stereocenters. The van der Waals surface area contributed by atoms with E-state index in [1.165, 1.54) is 38.3 Å². The van der Waals surface area contributed by atoms with Crippen LogP contribution in [0.25, 0.3) is 5.69 Å². The summed E-state index contributed by atoms with van der Waals surface area (Å²) in [7, 11) is 4.50. The lowest BCUT2D eigenvalue weighted by Gasteiger charge is -2.12. The summed E-state index contributed by atoms with van der Waals surface area (Å²) in [6, 6.07) is 11.6. The summed E-state index contributed by atoms with van der Waals surface area (Å²) < 4.78 is 17.7. The van der Waals surface area contributed by atoms with Crippen LogP contribution in [0, 0.1) is 0 Å². The van der Waals surface area contributed by atoms with Crippen LogP contribution in [0.1, 0.15) is 0 Å². The Morgan fingerprint density at radius 3 is 2.17 bits per heavy atom. The number of amides is 1. The Balaban J connectivity index is 1.82. The molecule has 0 unspecified atom stereocenters. The Hall–Kier alpha value is -4.01. The van der Waals surface area contributed by atoms with E-state index >= 15 is 0 Å². The summed E-state index contributed by atoms with van der Waals surface area (Å²) in [6.07, 6.45) is 2.81. The Labute approximate surface area is 172 Å². The van der Waals surface area contributed by atoms with Crippen LogP contribution in [0.2, 0.25) is 0 Å². The highest BCUT2D eigenvalue weighted by Gasteiger charge is 2.12. The molecule has 0 saturated carbocycles. The predicted molar refractivity (Wildman–Crippen MR) is 111 cm³/mol. The average Bonchev–Trinajstić information content (AvgIpc) is 2.76. The third-order valence-corrected chi connectivity index (χ3v) is 4.34. The number of nitrogens with zero attached hydrogens (tertiary/aromatic N) is 2. The number of ether oxygens (including phenoxy) is 3. The van der Waals surface area contributed by atoms with Crippen LogP contribution in [0.15, 0.2) is 64.4 Å². The molecule has 30 heavy (non-hydrogen) atoms. The summed E-state index contributed by atoms with van der Waals surface area (Å²) in [6.45, 7) is -0.327. The highest BCUT2D eigenvalue weighted by molar-refractivity contribution is 5.91. The zero-order chi connectivity index (χ0) is 21.7. The van der Waals surface area contributed by atoms with Gasteiger partial charge in [0.25, 0.3) is 0 Å². The van der Waals surface area contributed by atoms with E-state index in [0.717, 1.165) is 4.57 Å². The van der Waals surface area contributed by atoms with Gasteiger partial charge in [0.1, 0.15) is 23.8 Å². The van der Waals surface area contributed by atoms with Crippen molar-refractivity contribution in [1.29, 1.82) is 0 Å². The SMILES string of the molecule is COc1cc(NC(=O)Cn2ccn(-c3cccc(OC)c3)c(=O)c2=O)cc(OC)c1. The van der Waals surface area contributed by atoms with Gasteiger partial charge < -0.3 is 19.5 Å². The van der Waals surface area contributed by atoms with Crippen molar-refractivity contribution >= 4 is 11.6 Å². The molecular formula is C21H21N3O6. The number of methoxy groups -OCH3 is 3. The molecule has 9 heteroatoms. The van der Waals surface area contributed by atoms with E-state index in [2.05, 4.69) is 5.32 Å². The molecule has 1 aromatic heterocycles. The van der Waals surface area contributed by atoms with Crippen molar-refractivity contribution in [2.75, 3.05) is 26.6 Å². The molecule has 0 bridgehead atoms. The molecule has 3 rings (SSSR count). The maximum Gasteiger partial charge on any atom is 0.320 e. The quantitative estimate of drug-likeness (QED) is 0.594. The minimum absolute atomic E-state index is 0.327. The molecule has 0 fully saturated rings. The maximum atomic E-state index is 12.5. The number of carbonyl (C=O) groups is 1. The first-order chi connectivity index (χ1) is 14.4. The average molecular weight is 411 g/mol. The fourth-order valence-corrected chi connectivity index (χ4v) is 2.83. The molecule has 0 saturated heterocycles. The lowest BCUT2D eigenvalue weighted by molar-refractivity contribution is -0.116. The molecule has 156 valence electrons. The lowest BCUT2D eigenvalue weighted by Crippen LogP contribution is -2.41. The second kappa shape index (κ2) is 8.99. The molecule has 1 heterocycles. The summed E-state index contributed by atoms with van der Waals surface area (Å²) in [5.74, 6) is 1.08. The predicted octanol–water partition coefficient (Wildman–Crippen LogP) is 1.66. The van der Waals surface area contributed by atoms with Crippen LogP contribution in [0.3, 0.4) is 0 Å². The number of anilines is 1. The topological polar surface area (TPSA) is 101 Å². The van der Waals surface area contributed by atoms with Crippen molar-refractivity contribution in [2.45, 2.75) is 6.54 Å². The smallest absolute Gasteiger partial charge is 0.320 e. The molecule has 2 aromatic carbocycles. The fourth-order valence-electron chi connectivity index (χ4n) is 2.83. The van der Waals surface area contributed by atoms with E-state index < -0.39 is 17.0 Å².